The number of halogens is 1. The van der Waals surface area contributed by atoms with E-state index in [9.17, 15) is 4.79 Å². The Hall–Kier alpha value is -2.30. The lowest BCUT2D eigenvalue weighted by Gasteiger charge is -2.13. The van der Waals surface area contributed by atoms with E-state index in [0.29, 0.717) is 24.1 Å². The number of aryl methyl sites for hydroxylation is 1. The summed E-state index contributed by atoms with van der Waals surface area (Å²) >= 11 is 2.06. The number of hydrogen-bond acceptors (Lipinski definition) is 6. The summed E-state index contributed by atoms with van der Waals surface area (Å²) in [6.07, 6.45) is 3.33. The zero-order chi connectivity index (χ0) is 17.7. The number of nitrogens with two attached hydrogens (primary N) is 1. The first-order valence-corrected chi connectivity index (χ1v) is 8.15. The van der Waals surface area contributed by atoms with E-state index in [0.717, 1.165) is 14.8 Å². The van der Waals surface area contributed by atoms with E-state index < -0.39 is 12.6 Å². The molecule has 0 spiro atoms. The van der Waals surface area contributed by atoms with Crippen molar-refractivity contribution in [1.29, 1.82) is 0 Å². The Bertz CT molecular complexity index is 773. The van der Waals surface area contributed by atoms with Crippen LogP contribution < -0.4 is 15.2 Å². The second kappa shape index (κ2) is 7.99. The minimum Gasteiger partial charge on any atom is -0.490 e. The van der Waals surface area contributed by atoms with E-state index in [2.05, 4.69) is 32.7 Å². The predicted molar refractivity (Wildman–Crippen MR) is 97.8 cm³/mol. The number of nitrogen functional groups attached to an aromatic ring is 1. The molecule has 3 N–H and O–H groups in total. The van der Waals surface area contributed by atoms with Gasteiger partial charge in [-0.3, -0.25) is 0 Å². The number of aliphatic carboxylic acids is 1. The van der Waals surface area contributed by atoms with Gasteiger partial charge in [0.15, 0.2) is 18.1 Å². The largest absolute Gasteiger partial charge is 0.490 e. The lowest BCUT2D eigenvalue weighted by atomic mass is 10.2. The van der Waals surface area contributed by atoms with Gasteiger partial charge in [-0.2, -0.15) is 5.10 Å². The molecule has 2 aromatic rings. The van der Waals surface area contributed by atoms with Gasteiger partial charge in [0.2, 0.25) is 5.95 Å². The molecule has 128 valence electrons. The Morgan fingerprint density at radius 2 is 2.25 bits per heavy atom. The molecule has 0 aliphatic carbocycles. The van der Waals surface area contributed by atoms with E-state index in [4.69, 9.17) is 20.3 Å². The molecule has 1 aromatic heterocycles. The van der Waals surface area contributed by atoms with E-state index in [1.807, 2.05) is 19.9 Å². The third kappa shape index (κ3) is 4.60. The number of carboxylic acid groups (broad SMARTS) is 1. The number of anilines is 1. The Labute approximate surface area is 152 Å². The molecule has 9 heteroatoms. The number of hydrogen-bond donors (Lipinski definition) is 2. The maximum absolute atomic E-state index is 10.7. The smallest absolute Gasteiger partial charge is 0.341 e. The molecule has 8 nitrogen and oxygen atoms in total. The van der Waals surface area contributed by atoms with Crippen molar-refractivity contribution in [1.82, 2.24) is 9.66 Å². The van der Waals surface area contributed by atoms with Crippen molar-refractivity contribution in [2.45, 2.75) is 13.8 Å². The number of ether oxygens (including phenoxy) is 2. The molecule has 0 radical (unpaired) electrons. The quantitative estimate of drug-likeness (QED) is 0.500. The van der Waals surface area contributed by atoms with Crippen LogP contribution in [0, 0.1) is 10.5 Å². The minimum absolute atomic E-state index is 0.296. The molecule has 0 unspecified atom stereocenters. The molecule has 0 saturated carbocycles. The molecule has 0 fully saturated rings. The van der Waals surface area contributed by atoms with E-state index in [1.165, 1.54) is 4.68 Å². The highest BCUT2D eigenvalue weighted by atomic mass is 127. The van der Waals surface area contributed by atoms with E-state index in [-0.39, 0.29) is 0 Å². The SMILES string of the molecule is CCOc1cc(C=Nn2cc(C)nc2N)cc(I)c1OCC(=O)O. The maximum atomic E-state index is 10.7. The van der Waals surface area contributed by atoms with Crippen LogP contribution in [-0.4, -0.2) is 40.2 Å². The van der Waals surface area contributed by atoms with Crippen molar-refractivity contribution in [3.8, 4) is 11.5 Å². The van der Waals surface area contributed by atoms with Crippen LogP contribution >= 0.6 is 22.6 Å². The summed E-state index contributed by atoms with van der Waals surface area (Å²) < 4.78 is 13.0. The summed E-state index contributed by atoms with van der Waals surface area (Å²) in [5.74, 6) is 0.103. The monoisotopic (exact) mass is 444 g/mol. The molecule has 24 heavy (non-hydrogen) atoms. The highest BCUT2D eigenvalue weighted by Crippen LogP contribution is 2.33. The highest BCUT2D eigenvalue weighted by molar-refractivity contribution is 14.1. The molecule has 0 amide bonds. The fourth-order valence-corrected chi connectivity index (χ4v) is 2.71. The number of aromatic nitrogens is 2. The van der Waals surface area contributed by atoms with Crippen molar-refractivity contribution in [2.24, 2.45) is 5.10 Å². The number of carboxylic acids is 1. The molecule has 0 bridgehead atoms. The molecule has 0 aliphatic heterocycles. The van der Waals surface area contributed by atoms with Gasteiger partial charge in [-0.05, 0) is 54.1 Å². The summed E-state index contributed by atoms with van der Waals surface area (Å²) in [5.41, 5.74) is 7.27. The fraction of sp³-hybridized carbons (Fsp3) is 0.267. The van der Waals surface area contributed by atoms with Gasteiger partial charge in [0.25, 0.3) is 0 Å². The standard InChI is InChI=1S/C15H17IN4O4/c1-3-23-12-5-10(4-11(16)14(12)24-8-13(21)22)6-18-20-7-9(2)19-15(20)17/h4-7H,3,8H2,1-2H3,(H2,17,19)(H,21,22). The van der Waals surface area contributed by atoms with Gasteiger partial charge in [-0.25, -0.2) is 14.5 Å². The van der Waals surface area contributed by atoms with Crippen LogP contribution in [-0.2, 0) is 4.79 Å². The van der Waals surface area contributed by atoms with Gasteiger partial charge < -0.3 is 20.3 Å². The summed E-state index contributed by atoms with van der Waals surface area (Å²) in [6.45, 7) is 3.65. The van der Waals surface area contributed by atoms with Crippen LogP contribution in [0.15, 0.2) is 23.4 Å². The van der Waals surface area contributed by atoms with Crippen molar-refractivity contribution >= 4 is 40.7 Å². The Morgan fingerprint density at radius 1 is 1.50 bits per heavy atom. The van der Waals surface area contributed by atoms with Gasteiger partial charge in [-0.1, -0.05) is 0 Å². The summed E-state index contributed by atoms with van der Waals surface area (Å²) in [7, 11) is 0. The minimum atomic E-state index is -1.05. The summed E-state index contributed by atoms with van der Waals surface area (Å²) in [4.78, 5) is 14.8. The molecule has 1 aromatic carbocycles. The Balaban J connectivity index is 2.31. The maximum Gasteiger partial charge on any atom is 0.341 e. The lowest BCUT2D eigenvalue weighted by molar-refractivity contribution is -0.139. The van der Waals surface area contributed by atoms with Gasteiger partial charge in [0.1, 0.15) is 0 Å². The number of rotatable bonds is 7. The predicted octanol–water partition coefficient (Wildman–Crippen LogP) is 2.12. The Morgan fingerprint density at radius 3 is 2.83 bits per heavy atom. The third-order valence-corrected chi connectivity index (χ3v) is 3.64. The molecular weight excluding hydrogens is 427 g/mol. The van der Waals surface area contributed by atoms with E-state index in [1.54, 1.807) is 18.5 Å². The second-order valence-corrected chi connectivity index (χ2v) is 5.94. The van der Waals surface area contributed by atoms with Gasteiger partial charge >= 0.3 is 5.97 Å². The van der Waals surface area contributed by atoms with Crippen molar-refractivity contribution < 1.29 is 19.4 Å². The summed E-state index contributed by atoms with van der Waals surface area (Å²) in [5, 5.41) is 13.0. The molecule has 2 rings (SSSR count). The molecule has 1 heterocycles. The molecule has 0 aliphatic rings. The average molecular weight is 444 g/mol. The zero-order valence-corrected chi connectivity index (χ0v) is 15.4. The van der Waals surface area contributed by atoms with Crippen molar-refractivity contribution in [2.75, 3.05) is 18.9 Å². The number of benzene rings is 1. The average Bonchev–Trinajstić information content (AvgIpc) is 2.82. The number of carbonyl (C=O) groups is 1. The number of imidazole rings is 1. The molecule has 0 atom stereocenters. The molecule has 0 saturated heterocycles. The third-order valence-electron chi connectivity index (χ3n) is 2.84. The van der Waals surface area contributed by atoms with Gasteiger partial charge in [0.05, 0.1) is 28.3 Å². The van der Waals surface area contributed by atoms with Gasteiger partial charge in [0, 0.05) is 0 Å². The van der Waals surface area contributed by atoms with Crippen LogP contribution in [0.1, 0.15) is 18.2 Å². The van der Waals surface area contributed by atoms with Crippen LogP contribution in [0.4, 0.5) is 5.95 Å². The van der Waals surface area contributed by atoms with Crippen LogP contribution in [0.2, 0.25) is 0 Å². The van der Waals surface area contributed by atoms with Crippen molar-refractivity contribution in [3.63, 3.8) is 0 Å². The van der Waals surface area contributed by atoms with Gasteiger partial charge in [-0.15, -0.1) is 0 Å². The molecular formula is C15H17IN4O4. The van der Waals surface area contributed by atoms with Crippen LogP contribution in [0.5, 0.6) is 11.5 Å². The fourth-order valence-electron chi connectivity index (χ4n) is 1.92. The van der Waals surface area contributed by atoms with Crippen LogP contribution in [0.25, 0.3) is 0 Å². The zero-order valence-electron chi connectivity index (χ0n) is 13.2. The van der Waals surface area contributed by atoms with Crippen LogP contribution in [0.3, 0.4) is 0 Å². The summed E-state index contributed by atoms with van der Waals surface area (Å²) in [6, 6.07) is 3.54. The number of nitrogens with zero attached hydrogens (tertiary/aromatic N) is 3. The van der Waals surface area contributed by atoms with E-state index >= 15 is 0 Å². The first kappa shape index (κ1) is 18.0. The normalized spacial score (nSPS) is 11.0. The first-order valence-electron chi connectivity index (χ1n) is 7.07. The second-order valence-electron chi connectivity index (χ2n) is 4.78. The topological polar surface area (TPSA) is 112 Å². The van der Waals surface area contributed by atoms with Crippen molar-refractivity contribution in [3.05, 3.63) is 33.2 Å². The lowest BCUT2D eigenvalue weighted by Crippen LogP contribution is -2.11. The Kier molecular flexibility index (Phi) is 6.01. The first-order chi connectivity index (χ1) is 11.4. The highest BCUT2D eigenvalue weighted by Gasteiger charge is 2.13.